The minimum Gasteiger partial charge on any atom is -0.467 e. The first kappa shape index (κ1) is 44.5. The number of benzene rings is 3. The van der Waals surface area contributed by atoms with Crippen molar-refractivity contribution in [2.45, 2.75) is 84.9 Å². The number of esters is 1. The summed E-state index contributed by atoms with van der Waals surface area (Å²) in [6.07, 6.45) is -0.894. The monoisotopic (exact) mass is 789 g/mol. The highest BCUT2D eigenvalue weighted by Gasteiger charge is 2.29. The molecule has 0 aromatic heterocycles. The van der Waals surface area contributed by atoms with Crippen molar-refractivity contribution < 1.29 is 43.0 Å². The van der Waals surface area contributed by atoms with Crippen LogP contribution in [-0.2, 0) is 43.5 Å². The second-order valence-electron chi connectivity index (χ2n) is 13.8. The molecule has 0 fully saturated rings. The first-order valence-corrected chi connectivity index (χ1v) is 18.0. The normalized spacial score (nSPS) is 12.3. The number of methoxy groups -OCH3 is 1. The Hall–Kier alpha value is -6.85. The number of ether oxygens (including phenoxy) is 2. The molecule has 0 heterocycles. The number of carbonyl (C=O) groups is 7. The van der Waals surface area contributed by atoms with E-state index in [9.17, 15) is 33.6 Å². The van der Waals surface area contributed by atoms with Gasteiger partial charge in [0.15, 0.2) is 0 Å². The number of hydrogen-bond acceptors (Lipinski definition) is 9. The number of urea groups is 3. The molecule has 306 valence electrons. The van der Waals surface area contributed by atoms with Crippen LogP contribution in [0.2, 0.25) is 0 Å². The molecule has 0 spiro atoms. The summed E-state index contributed by atoms with van der Waals surface area (Å²) in [6, 6.07) is 20.1. The third-order valence-corrected chi connectivity index (χ3v) is 7.76. The van der Waals surface area contributed by atoms with Crippen molar-refractivity contribution in [2.24, 2.45) is 0 Å². The number of amides is 9. The lowest BCUT2D eigenvalue weighted by atomic mass is 10.2. The third kappa shape index (κ3) is 15.4. The van der Waals surface area contributed by atoms with Crippen molar-refractivity contribution in [1.82, 2.24) is 47.3 Å². The van der Waals surface area contributed by atoms with Crippen LogP contribution in [0.5, 0.6) is 0 Å². The maximum absolute atomic E-state index is 13.7. The SMILES string of the molecule is COC(=O)[C@H](C)NC(=O)N(Cc1ccccc1)NC(=O)[C@H](C)NC(=O)N(Cc1ccccc1)NC(=O)[C@H](C)NC(=O)N(Cc1ccccc1)NC(=O)OC(C)(C)C. The smallest absolute Gasteiger partial charge is 0.426 e. The Morgan fingerprint density at radius 2 is 0.842 bits per heavy atom. The van der Waals surface area contributed by atoms with Crippen LogP contribution in [-0.4, -0.2) is 87.8 Å². The van der Waals surface area contributed by atoms with Gasteiger partial charge in [-0.05, 0) is 58.2 Å². The molecule has 0 bridgehead atoms. The number of nitrogens with one attached hydrogen (secondary N) is 6. The van der Waals surface area contributed by atoms with E-state index >= 15 is 0 Å². The van der Waals surface area contributed by atoms with Gasteiger partial charge in [0, 0.05) is 0 Å². The van der Waals surface area contributed by atoms with Crippen LogP contribution in [0.4, 0.5) is 19.2 Å². The van der Waals surface area contributed by atoms with Gasteiger partial charge in [-0.15, -0.1) is 0 Å². The molecule has 0 aliphatic heterocycles. The first-order chi connectivity index (χ1) is 26.9. The van der Waals surface area contributed by atoms with E-state index in [2.05, 4.69) is 37.0 Å². The Labute approximate surface area is 331 Å². The largest absolute Gasteiger partial charge is 0.467 e. The predicted octanol–water partition coefficient (Wildman–Crippen LogP) is 3.46. The summed E-state index contributed by atoms with van der Waals surface area (Å²) in [5, 5.41) is 10.3. The molecule has 3 atom stereocenters. The highest BCUT2D eigenvalue weighted by atomic mass is 16.6. The second kappa shape index (κ2) is 21.3. The van der Waals surface area contributed by atoms with Crippen molar-refractivity contribution in [3.8, 4) is 0 Å². The lowest BCUT2D eigenvalue weighted by Gasteiger charge is -2.30. The molecule has 0 aliphatic carbocycles. The van der Waals surface area contributed by atoms with Crippen LogP contribution in [0.3, 0.4) is 0 Å². The fourth-order valence-electron chi connectivity index (χ4n) is 4.81. The van der Waals surface area contributed by atoms with Crippen LogP contribution in [0.25, 0.3) is 0 Å². The van der Waals surface area contributed by atoms with Gasteiger partial charge >= 0.3 is 30.2 Å². The third-order valence-electron chi connectivity index (χ3n) is 7.76. The molecule has 0 unspecified atom stereocenters. The summed E-state index contributed by atoms with van der Waals surface area (Å²) in [5.41, 5.74) is 8.45. The Morgan fingerprint density at radius 1 is 0.526 bits per heavy atom. The number of nitrogens with zero attached hydrogens (tertiary/aromatic N) is 3. The van der Waals surface area contributed by atoms with Gasteiger partial charge in [0.05, 0.1) is 26.7 Å². The number of rotatable bonds is 12. The van der Waals surface area contributed by atoms with Crippen LogP contribution in [0.15, 0.2) is 91.0 Å². The Kier molecular flexibility index (Phi) is 16.6. The van der Waals surface area contributed by atoms with Crippen molar-refractivity contribution in [3.63, 3.8) is 0 Å². The average Bonchev–Trinajstić information content (AvgIpc) is 3.16. The molecule has 0 saturated heterocycles. The van der Waals surface area contributed by atoms with E-state index in [4.69, 9.17) is 4.74 Å². The molecule has 57 heavy (non-hydrogen) atoms. The maximum atomic E-state index is 13.7. The highest BCUT2D eigenvalue weighted by Crippen LogP contribution is 2.10. The second-order valence-corrected chi connectivity index (χ2v) is 13.8. The number of hydrogen-bond donors (Lipinski definition) is 6. The van der Waals surface area contributed by atoms with E-state index in [1.807, 2.05) is 0 Å². The van der Waals surface area contributed by atoms with Gasteiger partial charge in [0.1, 0.15) is 23.7 Å². The molecule has 0 aliphatic rings. The summed E-state index contributed by atoms with van der Waals surface area (Å²) < 4.78 is 9.99. The van der Waals surface area contributed by atoms with Gasteiger partial charge in [0.25, 0.3) is 11.8 Å². The van der Waals surface area contributed by atoms with E-state index in [-0.39, 0.29) is 19.6 Å². The van der Waals surface area contributed by atoms with E-state index < -0.39 is 65.7 Å². The Balaban J connectivity index is 1.74. The van der Waals surface area contributed by atoms with Gasteiger partial charge in [-0.1, -0.05) is 91.0 Å². The van der Waals surface area contributed by atoms with Gasteiger partial charge in [-0.25, -0.2) is 44.4 Å². The molecule has 3 rings (SSSR count). The first-order valence-electron chi connectivity index (χ1n) is 18.0. The minimum absolute atomic E-state index is 0.0719. The van der Waals surface area contributed by atoms with Crippen molar-refractivity contribution in [1.29, 1.82) is 0 Å². The lowest BCUT2D eigenvalue weighted by molar-refractivity contribution is -0.142. The highest BCUT2D eigenvalue weighted by molar-refractivity contribution is 5.91. The van der Waals surface area contributed by atoms with Crippen LogP contribution in [0.1, 0.15) is 58.2 Å². The summed E-state index contributed by atoms with van der Waals surface area (Å²) >= 11 is 0. The molecule has 6 N–H and O–H groups in total. The van der Waals surface area contributed by atoms with Crippen LogP contribution >= 0.6 is 0 Å². The summed E-state index contributed by atoms with van der Waals surface area (Å²) in [4.78, 5) is 91.7. The van der Waals surface area contributed by atoms with E-state index in [1.54, 1.807) is 112 Å². The van der Waals surface area contributed by atoms with E-state index in [1.165, 1.54) is 27.9 Å². The molecule has 0 saturated carbocycles. The van der Waals surface area contributed by atoms with E-state index in [0.29, 0.717) is 16.7 Å². The zero-order chi connectivity index (χ0) is 42.1. The minimum atomic E-state index is -1.26. The van der Waals surface area contributed by atoms with Gasteiger partial charge < -0.3 is 25.4 Å². The Bertz CT molecular complexity index is 1830. The molecular formula is C39H51N9O9. The molecule has 18 heteroatoms. The zero-order valence-electron chi connectivity index (χ0n) is 33.0. The molecule has 9 amide bonds. The standard InChI is InChI=1S/C39H51N9O9/c1-26(32(49)44-47(24-30-19-13-9-14-20-30)37(54)42-28(3)34(51)56-7)40-35(52)46(23-29-17-11-8-12-18-29)43-33(50)27(2)41-36(53)48(25-31-21-15-10-16-22-31)45-38(55)57-39(4,5)6/h8-22,26-28H,23-25H2,1-7H3,(H,40,52)(H,41,53)(H,42,54)(H,43,50)(H,44,49)(H,45,55)/t26-,27-,28-/m0/s1. The molecule has 0 radical (unpaired) electrons. The van der Waals surface area contributed by atoms with Gasteiger partial charge in [-0.3, -0.25) is 20.4 Å². The van der Waals surface area contributed by atoms with Crippen molar-refractivity contribution >= 4 is 42.0 Å². The summed E-state index contributed by atoms with van der Waals surface area (Å²) in [7, 11) is 1.17. The fourth-order valence-corrected chi connectivity index (χ4v) is 4.81. The topological polar surface area (TPSA) is 220 Å². The van der Waals surface area contributed by atoms with Crippen molar-refractivity contribution in [3.05, 3.63) is 108 Å². The lowest BCUT2D eigenvalue weighted by Crippen LogP contribution is -2.60. The summed E-state index contributed by atoms with van der Waals surface area (Å²) in [5.74, 6) is -2.32. The van der Waals surface area contributed by atoms with Crippen molar-refractivity contribution in [2.75, 3.05) is 7.11 Å². The van der Waals surface area contributed by atoms with E-state index in [0.717, 1.165) is 15.0 Å². The molecule has 18 nitrogen and oxygen atoms in total. The molecule has 3 aromatic rings. The quantitative estimate of drug-likeness (QED) is 0.117. The maximum Gasteiger partial charge on any atom is 0.426 e. The molecular weight excluding hydrogens is 738 g/mol. The van der Waals surface area contributed by atoms with Crippen LogP contribution < -0.4 is 32.2 Å². The van der Waals surface area contributed by atoms with Crippen LogP contribution in [0, 0.1) is 0 Å². The zero-order valence-corrected chi connectivity index (χ0v) is 33.0. The number of hydrazine groups is 3. The summed E-state index contributed by atoms with van der Waals surface area (Å²) in [6.45, 7) is 8.85. The van der Waals surface area contributed by atoms with Gasteiger partial charge in [0.2, 0.25) is 0 Å². The average molecular weight is 790 g/mol. The van der Waals surface area contributed by atoms with Gasteiger partial charge in [-0.2, -0.15) is 0 Å². The predicted molar refractivity (Wildman–Crippen MR) is 208 cm³/mol. The Morgan fingerprint density at radius 3 is 1.16 bits per heavy atom. The number of carbonyl (C=O) groups excluding carboxylic acids is 7. The fraction of sp³-hybridized carbons (Fsp3) is 0.359. The molecule has 3 aromatic carbocycles.